The molecule has 1 atom stereocenters. The summed E-state index contributed by atoms with van der Waals surface area (Å²) in [7, 11) is 1.98. The Balaban J connectivity index is 2.61. The second-order valence-corrected chi connectivity index (χ2v) is 4.86. The Morgan fingerprint density at radius 2 is 2.00 bits per heavy atom. The van der Waals surface area contributed by atoms with Crippen molar-refractivity contribution in [3.05, 3.63) is 18.0 Å². The molecule has 0 spiro atoms. The lowest BCUT2D eigenvalue weighted by atomic mass is 9.90. The van der Waals surface area contributed by atoms with Gasteiger partial charge in [-0.2, -0.15) is 5.10 Å². The van der Waals surface area contributed by atoms with E-state index in [0.29, 0.717) is 6.04 Å². The SMILES string of the molecule is CCCNC(Cc1cnn(C)c1)C(CC)CC. The number of aryl methyl sites for hydroxylation is 1. The van der Waals surface area contributed by atoms with Gasteiger partial charge in [0.05, 0.1) is 6.20 Å². The highest BCUT2D eigenvalue weighted by Crippen LogP contribution is 2.17. The maximum Gasteiger partial charge on any atom is 0.0522 e. The number of hydrogen-bond donors (Lipinski definition) is 1. The van der Waals surface area contributed by atoms with Crippen LogP contribution in [0.25, 0.3) is 0 Å². The summed E-state index contributed by atoms with van der Waals surface area (Å²) in [6, 6.07) is 0.592. The third-order valence-electron chi connectivity index (χ3n) is 3.49. The van der Waals surface area contributed by atoms with E-state index in [4.69, 9.17) is 0 Å². The normalized spacial score (nSPS) is 13.2. The number of aromatic nitrogens is 2. The van der Waals surface area contributed by atoms with Crippen molar-refractivity contribution in [2.75, 3.05) is 6.54 Å². The molecule has 0 aliphatic heterocycles. The second kappa shape index (κ2) is 7.49. The number of nitrogens with zero attached hydrogens (tertiary/aromatic N) is 2. The fourth-order valence-corrected chi connectivity index (χ4v) is 2.42. The smallest absolute Gasteiger partial charge is 0.0522 e. The lowest BCUT2D eigenvalue weighted by Crippen LogP contribution is -2.38. The zero-order chi connectivity index (χ0) is 12.7. The molecule has 1 aromatic rings. The molecule has 1 unspecified atom stereocenters. The third-order valence-corrected chi connectivity index (χ3v) is 3.49. The van der Waals surface area contributed by atoms with Gasteiger partial charge in [-0.1, -0.05) is 33.6 Å². The van der Waals surface area contributed by atoms with Crippen LogP contribution < -0.4 is 5.32 Å². The summed E-state index contributed by atoms with van der Waals surface area (Å²) in [6.45, 7) is 7.92. The molecule has 1 N–H and O–H groups in total. The van der Waals surface area contributed by atoms with Crippen molar-refractivity contribution in [3.63, 3.8) is 0 Å². The van der Waals surface area contributed by atoms with Crippen molar-refractivity contribution in [1.82, 2.24) is 15.1 Å². The van der Waals surface area contributed by atoms with Gasteiger partial charge < -0.3 is 5.32 Å². The summed E-state index contributed by atoms with van der Waals surface area (Å²) < 4.78 is 1.89. The van der Waals surface area contributed by atoms with Crippen LogP contribution in [-0.4, -0.2) is 22.4 Å². The van der Waals surface area contributed by atoms with E-state index in [1.54, 1.807) is 0 Å². The summed E-state index contributed by atoms with van der Waals surface area (Å²) in [5, 5.41) is 7.94. The quantitative estimate of drug-likeness (QED) is 0.753. The van der Waals surface area contributed by atoms with Crippen molar-refractivity contribution in [1.29, 1.82) is 0 Å². The minimum atomic E-state index is 0.592. The van der Waals surface area contributed by atoms with E-state index in [-0.39, 0.29) is 0 Å². The maximum absolute atomic E-state index is 4.25. The molecule has 17 heavy (non-hydrogen) atoms. The Labute approximate surface area is 106 Å². The predicted molar refractivity (Wildman–Crippen MR) is 73.1 cm³/mol. The van der Waals surface area contributed by atoms with Gasteiger partial charge >= 0.3 is 0 Å². The Bertz CT molecular complexity index is 302. The average Bonchev–Trinajstić information content (AvgIpc) is 2.73. The molecule has 0 aliphatic rings. The molecule has 0 aliphatic carbocycles. The molecule has 0 saturated carbocycles. The van der Waals surface area contributed by atoms with E-state index < -0.39 is 0 Å². The van der Waals surface area contributed by atoms with Crippen LogP contribution in [0.3, 0.4) is 0 Å². The Morgan fingerprint density at radius 1 is 1.29 bits per heavy atom. The van der Waals surface area contributed by atoms with Crippen LogP contribution >= 0.6 is 0 Å². The Kier molecular flexibility index (Phi) is 6.27. The minimum absolute atomic E-state index is 0.592. The molecule has 0 saturated heterocycles. The highest BCUT2D eigenvalue weighted by molar-refractivity contribution is 5.06. The molecule has 1 rings (SSSR count). The van der Waals surface area contributed by atoms with Crippen molar-refractivity contribution >= 4 is 0 Å². The topological polar surface area (TPSA) is 29.9 Å². The van der Waals surface area contributed by atoms with E-state index in [0.717, 1.165) is 18.9 Å². The summed E-state index contributed by atoms with van der Waals surface area (Å²) in [5.74, 6) is 0.766. The summed E-state index contributed by atoms with van der Waals surface area (Å²) in [5.41, 5.74) is 1.34. The molecule has 1 heterocycles. The summed E-state index contributed by atoms with van der Waals surface area (Å²) in [4.78, 5) is 0. The standard InChI is InChI=1S/C14H27N3/c1-5-8-15-14(13(6-2)7-3)9-12-10-16-17(4)11-12/h10-11,13-15H,5-9H2,1-4H3. The number of nitrogens with one attached hydrogen (secondary N) is 1. The van der Waals surface area contributed by atoms with E-state index in [9.17, 15) is 0 Å². The zero-order valence-corrected chi connectivity index (χ0v) is 11.7. The fourth-order valence-electron chi connectivity index (χ4n) is 2.42. The molecular weight excluding hydrogens is 210 g/mol. The first-order valence-corrected chi connectivity index (χ1v) is 6.92. The lowest BCUT2D eigenvalue weighted by Gasteiger charge is -2.26. The second-order valence-electron chi connectivity index (χ2n) is 4.86. The van der Waals surface area contributed by atoms with Gasteiger partial charge in [0, 0.05) is 19.3 Å². The molecule has 0 aromatic carbocycles. The highest BCUT2D eigenvalue weighted by Gasteiger charge is 2.18. The summed E-state index contributed by atoms with van der Waals surface area (Å²) >= 11 is 0. The minimum Gasteiger partial charge on any atom is -0.313 e. The van der Waals surface area contributed by atoms with E-state index in [1.165, 1.54) is 24.8 Å². The maximum atomic E-state index is 4.25. The van der Waals surface area contributed by atoms with Gasteiger partial charge in [0.15, 0.2) is 0 Å². The number of hydrogen-bond acceptors (Lipinski definition) is 2. The van der Waals surface area contributed by atoms with Crippen molar-refractivity contribution in [2.45, 2.75) is 52.5 Å². The number of rotatable bonds is 8. The van der Waals surface area contributed by atoms with Crippen LogP contribution in [0, 0.1) is 5.92 Å². The highest BCUT2D eigenvalue weighted by atomic mass is 15.2. The van der Waals surface area contributed by atoms with Gasteiger partial charge in [-0.25, -0.2) is 0 Å². The molecule has 1 aromatic heterocycles. The molecule has 0 amide bonds. The monoisotopic (exact) mass is 237 g/mol. The Hall–Kier alpha value is -0.830. The fraction of sp³-hybridized carbons (Fsp3) is 0.786. The lowest BCUT2D eigenvalue weighted by molar-refractivity contribution is 0.332. The van der Waals surface area contributed by atoms with Crippen molar-refractivity contribution in [3.8, 4) is 0 Å². The van der Waals surface area contributed by atoms with Crippen LogP contribution in [0.5, 0.6) is 0 Å². The molecular formula is C14H27N3. The molecule has 0 radical (unpaired) electrons. The zero-order valence-electron chi connectivity index (χ0n) is 11.7. The molecule has 3 nitrogen and oxygen atoms in total. The van der Waals surface area contributed by atoms with Crippen LogP contribution in [0.15, 0.2) is 12.4 Å². The first-order valence-electron chi connectivity index (χ1n) is 6.92. The van der Waals surface area contributed by atoms with E-state index in [2.05, 4.69) is 37.4 Å². The molecule has 0 fully saturated rings. The summed E-state index contributed by atoms with van der Waals surface area (Å²) in [6.07, 6.45) is 8.91. The largest absolute Gasteiger partial charge is 0.313 e. The third kappa shape index (κ3) is 4.50. The molecule has 3 heteroatoms. The Morgan fingerprint density at radius 3 is 2.47 bits per heavy atom. The van der Waals surface area contributed by atoms with Gasteiger partial charge in [0.2, 0.25) is 0 Å². The van der Waals surface area contributed by atoms with Crippen molar-refractivity contribution < 1.29 is 0 Å². The van der Waals surface area contributed by atoms with Crippen LogP contribution in [-0.2, 0) is 13.5 Å². The van der Waals surface area contributed by atoms with E-state index in [1.807, 2.05) is 17.9 Å². The van der Waals surface area contributed by atoms with Gasteiger partial charge in [0.25, 0.3) is 0 Å². The predicted octanol–water partition coefficient (Wildman–Crippen LogP) is 2.77. The van der Waals surface area contributed by atoms with Gasteiger partial charge in [0.1, 0.15) is 0 Å². The van der Waals surface area contributed by atoms with Crippen LogP contribution in [0.2, 0.25) is 0 Å². The molecule has 0 bridgehead atoms. The van der Waals surface area contributed by atoms with Crippen molar-refractivity contribution in [2.24, 2.45) is 13.0 Å². The van der Waals surface area contributed by atoms with Crippen LogP contribution in [0.4, 0.5) is 0 Å². The van der Waals surface area contributed by atoms with Gasteiger partial charge in [-0.3, -0.25) is 4.68 Å². The first-order chi connectivity index (χ1) is 8.21. The van der Waals surface area contributed by atoms with Gasteiger partial charge in [-0.15, -0.1) is 0 Å². The average molecular weight is 237 g/mol. The molecule has 98 valence electrons. The van der Waals surface area contributed by atoms with E-state index >= 15 is 0 Å². The van der Waals surface area contributed by atoms with Gasteiger partial charge in [-0.05, 0) is 30.9 Å². The van der Waals surface area contributed by atoms with Crippen LogP contribution in [0.1, 0.15) is 45.6 Å². The first kappa shape index (κ1) is 14.2.